The monoisotopic (exact) mass is 381 g/mol. The number of hydrogen-bond donors (Lipinski definition) is 1. The van der Waals surface area contributed by atoms with Gasteiger partial charge in [0.05, 0.1) is 12.8 Å². The van der Waals surface area contributed by atoms with Crippen molar-refractivity contribution < 1.29 is 9.53 Å². The fourth-order valence-electron chi connectivity index (χ4n) is 4.98. The van der Waals surface area contributed by atoms with Crippen molar-refractivity contribution in [2.45, 2.75) is 51.1 Å². The van der Waals surface area contributed by atoms with Crippen LogP contribution in [-0.2, 0) is 11.3 Å². The molecule has 4 rings (SSSR count). The molecule has 0 saturated heterocycles. The molecule has 2 aliphatic rings. The summed E-state index contributed by atoms with van der Waals surface area (Å²) in [5, 5.41) is 7.39. The SMILES string of the molecule is COc1ccc([C@H]2[C@H]3CCCC[C@@H]3[C@@H]2NC(=O)Cn2nc(C)ccc2=O)cc1. The lowest BCUT2D eigenvalue weighted by molar-refractivity contribution is -0.125. The highest BCUT2D eigenvalue weighted by Crippen LogP contribution is 2.54. The third kappa shape index (κ3) is 3.55. The molecule has 148 valence electrons. The molecule has 2 fully saturated rings. The van der Waals surface area contributed by atoms with Crippen LogP contribution < -0.4 is 15.6 Å². The molecule has 2 aliphatic carbocycles. The standard InChI is InChI=1S/C22H27N3O3/c1-14-7-12-20(27)25(24-14)13-19(26)23-22-18-6-4-3-5-17(18)21(22)15-8-10-16(28-2)11-9-15/h7-12,17-18,21-22H,3-6,13H2,1-2H3,(H,23,26)/t17-,18-,21-,22-/m0/s1. The highest BCUT2D eigenvalue weighted by atomic mass is 16.5. The number of aryl methyl sites for hydroxylation is 1. The Morgan fingerprint density at radius 2 is 1.86 bits per heavy atom. The fourth-order valence-corrected chi connectivity index (χ4v) is 4.98. The Labute approximate surface area is 164 Å². The average Bonchev–Trinajstić information content (AvgIpc) is 2.70. The number of carbonyl (C=O) groups excluding carboxylic acids is 1. The number of fused-ring (bicyclic) bond motifs is 1. The van der Waals surface area contributed by atoms with Gasteiger partial charge >= 0.3 is 0 Å². The lowest BCUT2D eigenvalue weighted by atomic mass is 9.53. The molecule has 6 nitrogen and oxygen atoms in total. The fraction of sp³-hybridized carbons (Fsp3) is 0.500. The molecule has 0 unspecified atom stereocenters. The van der Waals surface area contributed by atoms with Gasteiger partial charge in [-0.3, -0.25) is 9.59 Å². The van der Waals surface area contributed by atoms with Crippen LogP contribution in [0.4, 0.5) is 0 Å². The van der Waals surface area contributed by atoms with Gasteiger partial charge in [-0.05, 0) is 55.4 Å². The van der Waals surface area contributed by atoms with Crippen molar-refractivity contribution in [3.63, 3.8) is 0 Å². The number of ether oxygens (including phenoxy) is 1. The van der Waals surface area contributed by atoms with Crippen molar-refractivity contribution in [3.05, 3.63) is 58.0 Å². The zero-order chi connectivity index (χ0) is 19.7. The van der Waals surface area contributed by atoms with Crippen molar-refractivity contribution in [2.75, 3.05) is 7.11 Å². The van der Waals surface area contributed by atoms with Crippen LogP contribution in [0.1, 0.15) is 42.9 Å². The molecule has 0 radical (unpaired) electrons. The molecular weight excluding hydrogens is 354 g/mol. The molecule has 4 atom stereocenters. The van der Waals surface area contributed by atoms with Crippen LogP contribution in [0.15, 0.2) is 41.2 Å². The van der Waals surface area contributed by atoms with Gasteiger partial charge in [-0.25, -0.2) is 4.68 Å². The van der Waals surface area contributed by atoms with Gasteiger partial charge < -0.3 is 10.1 Å². The number of aromatic nitrogens is 2. The normalized spacial score (nSPS) is 26.1. The quantitative estimate of drug-likeness (QED) is 0.864. The first-order valence-electron chi connectivity index (χ1n) is 10.0. The summed E-state index contributed by atoms with van der Waals surface area (Å²) >= 11 is 0. The van der Waals surface area contributed by atoms with Crippen molar-refractivity contribution in [3.8, 4) is 5.75 Å². The van der Waals surface area contributed by atoms with E-state index in [1.165, 1.54) is 35.6 Å². The van der Waals surface area contributed by atoms with Crippen molar-refractivity contribution in [1.82, 2.24) is 15.1 Å². The summed E-state index contributed by atoms with van der Waals surface area (Å²) in [5.74, 6) is 2.16. The predicted octanol–water partition coefficient (Wildman–Crippen LogP) is 2.65. The van der Waals surface area contributed by atoms with E-state index >= 15 is 0 Å². The number of nitrogens with zero attached hydrogens (tertiary/aromatic N) is 2. The average molecular weight is 381 g/mol. The number of benzene rings is 1. The molecule has 0 spiro atoms. The highest BCUT2D eigenvalue weighted by Gasteiger charge is 2.51. The van der Waals surface area contributed by atoms with Crippen LogP contribution in [0.5, 0.6) is 5.75 Å². The summed E-state index contributed by atoms with van der Waals surface area (Å²) < 4.78 is 6.52. The molecule has 28 heavy (non-hydrogen) atoms. The van der Waals surface area contributed by atoms with Gasteiger partial charge in [-0.2, -0.15) is 5.10 Å². The van der Waals surface area contributed by atoms with Crippen molar-refractivity contribution >= 4 is 5.91 Å². The number of amides is 1. The number of nitrogens with one attached hydrogen (secondary N) is 1. The molecule has 1 aromatic heterocycles. The molecule has 1 heterocycles. The Morgan fingerprint density at radius 3 is 2.57 bits per heavy atom. The van der Waals surface area contributed by atoms with Crippen molar-refractivity contribution in [2.24, 2.45) is 11.8 Å². The molecule has 1 N–H and O–H groups in total. The van der Waals surface area contributed by atoms with Crippen LogP contribution in [-0.4, -0.2) is 28.8 Å². The molecular formula is C22H27N3O3. The second-order valence-electron chi connectivity index (χ2n) is 7.98. The second kappa shape index (κ2) is 7.78. The van der Waals surface area contributed by atoms with Gasteiger partial charge in [-0.15, -0.1) is 0 Å². The summed E-state index contributed by atoms with van der Waals surface area (Å²) in [7, 11) is 1.67. The van der Waals surface area contributed by atoms with Gasteiger partial charge in [0.2, 0.25) is 5.91 Å². The molecule has 6 heteroatoms. The molecule has 0 aliphatic heterocycles. The summed E-state index contributed by atoms with van der Waals surface area (Å²) in [6.07, 6.45) is 4.86. The van der Waals surface area contributed by atoms with E-state index in [-0.39, 0.29) is 24.1 Å². The van der Waals surface area contributed by atoms with E-state index < -0.39 is 0 Å². The maximum Gasteiger partial charge on any atom is 0.267 e. The summed E-state index contributed by atoms with van der Waals surface area (Å²) in [6.45, 7) is 1.77. The molecule has 1 aromatic carbocycles. The van der Waals surface area contributed by atoms with Gasteiger partial charge in [0, 0.05) is 18.0 Å². The summed E-state index contributed by atoms with van der Waals surface area (Å²) in [4.78, 5) is 24.7. The maximum atomic E-state index is 12.7. The van der Waals surface area contributed by atoms with Gasteiger partial charge in [0.15, 0.2) is 0 Å². The second-order valence-corrected chi connectivity index (χ2v) is 7.98. The van der Waals surface area contributed by atoms with Crippen molar-refractivity contribution in [1.29, 1.82) is 0 Å². The van der Waals surface area contributed by atoms with Crippen LogP contribution in [0, 0.1) is 18.8 Å². The zero-order valence-corrected chi connectivity index (χ0v) is 16.4. The number of rotatable bonds is 5. The molecule has 2 aromatic rings. The Hall–Kier alpha value is -2.63. The van der Waals surface area contributed by atoms with E-state index in [0.29, 0.717) is 17.8 Å². The lowest BCUT2D eigenvalue weighted by Gasteiger charge is -2.55. The first-order chi connectivity index (χ1) is 13.6. The summed E-state index contributed by atoms with van der Waals surface area (Å²) in [5.41, 5.74) is 1.72. The molecule has 1 amide bonds. The molecule has 0 bridgehead atoms. The first kappa shape index (κ1) is 18.7. The van der Waals surface area contributed by atoms with E-state index in [1.54, 1.807) is 13.2 Å². The first-order valence-corrected chi connectivity index (χ1v) is 10.0. The third-order valence-electron chi connectivity index (χ3n) is 6.31. The topological polar surface area (TPSA) is 73.2 Å². The number of methoxy groups -OCH3 is 1. The number of hydrogen-bond acceptors (Lipinski definition) is 4. The Balaban J connectivity index is 1.51. The molecule has 2 saturated carbocycles. The summed E-state index contributed by atoms with van der Waals surface area (Å²) in [6, 6.07) is 11.4. The predicted molar refractivity (Wildman–Crippen MR) is 106 cm³/mol. The van der Waals surface area contributed by atoms with Gasteiger partial charge in [-0.1, -0.05) is 25.0 Å². The van der Waals surface area contributed by atoms with Crippen LogP contribution >= 0.6 is 0 Å². The maximum absolute atomic E-state index is 12.7. The number of carbonyl (C=O) groups is 1. The Bertz CT molecular complexity index is 906. The minimum absolute atomic E-state index is 0.0380. The van der Waals surface area contributed by atoms with E-state index in [4.69, 9.17) is 4.74 Å². The van der Waals surface area contributed by atoms with Gasteiger partial charge in [0.1, 0.15) is 12.3 Å². The minimum Gasteiger partial charge on any atom is -0.497 e. The van der Waals surface area contributed by atoms with Gasteiger partial charge in [0.25, 0.3) is 5.56 Å². The highest BCUT2D eigenvalue weighted by molar-refractivity contribution is 5.76. The smallest absolute Gasteiger partial charge is 0.267 e. The zero-order valence-electron chi connectivity index (χ0n) is 16.4. The van der Waals surface area contributed by atoms with E-state index in [0.717, 1.165) is 17.9 Å². The van der Waals surface area contributed by atoms with E-state index in [9.17, 15) is 9.59 Å². The third-order valence-corrected chi connectivity index (χ3v) is 6.31. The minimum atomic E-state index is -0.253. The Kier molecular flexibility index (Phi) is 5.20. The largest absolute Gasteiger partial charge is 0.497 e. The van der Waals surface area contributed by atoms with Crippen LogP contribution in [0.2, 0.25) is 0 Å². The van der Waals surface area contributed by atoms with E-state index in [1.807, 2.05) is 19.1 Å². The Morgan fingerprint density at radius 1 is 1.14 bits per heavy atom. The van der Waals surface area contributed by atoms with Crippen LogP contribution in [0.3, 0.4) is 0 Å². The van der Waals surface area contributed by atoms with E-state index in [2.05, 4.69) is 22.5 Å². The lowest BCUT2D eigenvalue weighted by Crippen LogP contribution is -2.59. The van der Waals surface area contributed by atoms with Crippen LogP contribution in [0.25, 0.3) is 0 Å².